The second-order valence-electron chi connectivity index (χ2n) is 2.56. The lowest BCUT2D eigenvalue weighted by Gasteiger charge is -2.03. The van der Waals surface area contributed by atoms with Crippen LogP contribution in [0.3, 0.4) is 0 Å². The van der Waals surface area contributed by atoms with E-state index in [0.29, 0.717) is 0 Å². The quantitative estimate of drug-likeness (QED) is 0.597. The van der Waals surface area contributed by atoms with Crippen LogP contribution in [0.15, 0.2) is 24.3 Å². The highest BCUT2D eigenvalue weighted by Crippen LogP contribution is 2.09. The van der Waals surface area contributed by atoms with Crippen molar-refractivity contribution < 1.29 is 0 Å². The van der Waals surface area contributed by atoms with Crippen LogP contribution in [-0.2, 0) is 0 Å². The molecule has 56 valence electrons. The molecule has 2 N–H and O–H groups in total. The number of aryl methyl sites for hydroxylation is 1. The minimum absolute atomic E-state index is 0.268. The summed E-state index contributed by atoms with van der Waals surface area (Å²) in [5.41, 5.74) is 7.83. The van der Waals surface area contributed by atoms with Crippen LogP contribution in [0.2, 0.25) is 0 Å². The van der Waals surface area contributed by atoms with E-state index in [1.54, 1.807) is 0 Å². The van der Waals surface area contributed by atoms with Crippen molar-refractivity contribution in [2.75, 3.05) is 0 Å². The highest BCUT2D eigenvalue weighted by atomic mass is 14.6. The zero-order valence-corrected chi connectivity index (χ0v) is 6.54. The molecule has 0 spiro atoms. The normalized spacial score (nSPS) is 12.1. The molecule has 0 saturated carbocycles. The van der Waals surface area contributed by atoms with Crippen LogP contribution < -0.4 is 5.73 Å². The lowest BCUT2D eigenvalue weighted by Crippen LogP contribution is -2.06. The minimum atomic E-state index is -0.268. The molecule has 0 unspecified atom stereocenters. The van der Waals surface area contributed by atoms with Gasteiger partial charge < -0.3 is 5.73 Å². The first-order valence-electron chi connectivity index (χ1n) is 3.52. The van der Waals surface area contributed by atoms with Gasteiger partial charge in [-0.25, -0.2) is 0 Å². The van der Waals surface area contributed by atoms with Crippen molar-refractivity contribution in [3.8, 4) is 12.3 Å². The summed E-state index contributed by atoms with van der Waals surface area (Å²) in [7, 11) is 0. The predicted molar refractivity (Wildman–Crippen MR) is 46.9 cm³/mol. The predicted octanol–water partition coefficient (Wildman–Crippen LogP) is 1.63. The van der Waals surface area contributed by atoms with E-state index in [1.165, 1.54) is 5.56 Å². The molecule has 1 aromatic rings. The van der Waals surface area contributed by atoms with Gasteiger partial charge in [-0.2, -0.15) is 0 Å². The Labute approximate surface area is 67.2 Å². The fourth-order valence-corrected chi connectivity index (χ4v) is 0.870. The Kier molecular flexibility index (Phi) is 2.30. The number of nitrogens with two attached hydrogens (primary N) is 1. The second kappa shape index (κ2) is 3.23. The molecule has 0 saturated heterocycles. The molecule has 0 fully saturated rings. The van der Waals surface area contributed by atoms with Gasteiger partial charge >= 0.3 is 0 Å². The minimum Gasteiger partial charge on any atom is -0.314 e. The van der Waals surface area contributed by atoms with Crippen LogP contribution in [0, 0.1) is 19.3 Å². The molecule has 0 amide bonds. The number of benzene rings is 1. The van der Waals surface area contributed by atoms with Crippen molar-refractivity contribution in [2.45, 2.75) is 13.0 Å². The number of hydrogen-bond donors (Lipinski definition) is 1. The monoisotopic (exact) mass is 145 g/mol. The van der Waals surface area contributed by atoms with Gasteiger partial charge in [-0.15, -0.1) is 6.42 Å². The van der Waals surface area contributed by atoms with Crippen molar-refractivity contribution >= 4 is 0 Å². The largest absolute Gasteiger partial charge is 0.314 e. The molecule has 0 heterocycles. The standard InChI is InChI=1S/C10H11N/c1-3-10(11)9-6-4-8(2)5-7-9/h1,4-7,10H,11H2,2H3/t10-/m1/s1. The van der Waals surface area contributed by atoms with Gasteiger partial charge in [-0.3, -0.25) is 0 Å². The molecular formula is C10H11N. The fraction of sp³-hybridized carbons (Fsp3) is 0.200. The Balaban J connectivity index is 2.92. The third-order valence-electron chi connectivity index (χ3n) is 1.62. The summed E-state index contributed by atoms with van der Waals surface area (Å²) < 4.78 is 0. The maximum atomic E-state index is 5.61. The van der Waals surface area contributed by atoms with Crippen LogP contribution in [0.5, 0.6) is 0 Å². The molecule has 1 heteroatoms. The van der Waals surface area contributed by atoms with Crippen molar-refractivity contribution in [2.24, 2.45) is 5.73 Å². The molecule has 0 aliphatic rings. The molecule has 1 nitrogen and oxygen atoms in total. The third kappa shape index (κ3) is 1.83. The number of hydrogen-bond acceptors (Lipinski definition) is 1. The summed E-state index contributed by atoms with van der Waals surface area (Å²) in [6, 6.07) is 7.66. The lowest BCUT2D eigenvalue weighted by molar-refractivity contribution is 0.945. The molecule has 0 aliphatic heterocycles. The van der Waals surface area contributed by atoms with Gasteiger partial charge in [0.15, 0.2) is 0 Å². The van der Waals surface area contributed by atoms with Gasteiger partial charge in [0, 0.05) is 0 Å². The number of rotatable bonds is 1. The topological polar surface area (TPSA) is 26.0 Å². The zero-order chi connectivity index (χ0) is 8.27. The van der Waals surface area contributed by atoms with Crippen molar-refractivity contribution in [3.63, 3.8) is 0 Å². The average molecular weight is 145 g/mol. The van der Waals surface area contributed by atoms with Gasteiger partial charge in [0.1, 0.15) is 0 Å². The van der Waals surface area contributed by atoms with E-state index in [0.717, 1.165) is 5.56 Å². The van der Waals surface area contributed by atoms with Crippen LogP contribution in [-0.4, -0.2) is 0 Å². The highest BCUT2D eigenvalue weighted by molar-refractivity contribution is 5.28. The van der Waals surface area contributed by atoms with Crippen LogP contribution >= 0.6 is 0 Å². The Morgan fingerprint density at radius 1 is 1.36 bits per heavy atom. The van der Waals surface area contributed by atoms with E-state index in [-0.39, 0.29) is 6.04 Å². The second-order valence-corrected chi connectivity index (χ2v) is 2.56. The first kappa shape index (κ1) is 7.84. The Hall–Kier alpha value is -1.26. The van der Waals surface area contributed by atoms with E-state index in [4.69, 9.17) is 12.2 Å². The molecule has 0 bridgehead atoms. The molecule has 1 atom stereocenters. The number of terminal acetylenes is 1. The Bertz CT molecular complexity index is 266. The molecule has 0 aromatic heterocycles. The molecular weight excluding hydrogens is 134 g/mol. The van der Waals surface area contributed by atoms with Gasteiger partial charge in [-0.1, -0.05) is 35.7 Å². The zero-order valence-electron chi connectivity index (χ0n) is 6.54. The molecule has 1 aromatic carbocycles. The van der Waals surface area contributed by atoms with Gasteiger partial charge in [0.2, 0.25) is 0 Å². The van der Waals surface area contributed by atoms with E-state index >= 15 is 0 Å². The van der Waals surface area contributed by atoms with E-state index < -0.39 is 0 Å². The van der Waals surface area contributed by atoms with Crippen molar-refractivity contribution in [1.82, 2.24) is 0 Å². The summed E-state index contributed by atoms with van der Waals surface area (Å²) in [6.45, 7) is 2.03. The highest BCUT2D eigenvalue weighted by Gasteiger charge is 1.98. The smallest absolute Gasteiger partial charge is 0.0918 e. The Morgan fingerprint density at radius 2 is 1.91 bits per heavy atom. The molecule has 0 aliphatic carbocycles. The first-order chi connectivity index (χ1) is 5.24. The van der Waals surface area contributed by atoms with E-state index in [1.807, 2.05) is 31.2 Å². The average Bonchev–Trinajstić information content (AvgIpc) is 2.05. The van der Waals surface area contributed by atoms with Gasteiger partial charge in [-0.05, 0) is 12.5 Å². The van der Waals surface area contributed by atoms with Crippen LogP contribution in [0.4, 0.5) is 0 Å². The first-order valence-corrected chi connectivity index (χ1v) is 3.52. The lowest BCUT2D eigenvalue weighted by atomic mass is 10.1. The van der Waals surface area contributed by atoms with Crippen molar-refractivity contribution in [1.29, 1.82) is 0 Å². The molecule has 11 heavy (non-hydrogen) atoms. The summed E-state index contributed by atoms with van der Waals surface area (Å²) in [5.74, 6) is 2.48. The van der Waals surface area contributed by atoms with Crippen LogP contribution in [0.1, 0.15) is 17.2 Å². The van der Waals surface area contributed by atoms with Crippen LogP contribution in [0.25, 0.3) is 0 Å². The van der Waals surface area contributed by atoms with E-state index in [2.05, 4.69) is 5.92 Å². The summed E-state index contributed by atoms with van der Waals surface area (Å²) in [4.78, 5) is 0. The van der Waals surface area contributed by atoms with E-state index in [9.17, 15) is 0 Å². The third-order valence-corrected chi connectivity index (χ3v) is 1.62. The molecule has 1 rings (SSSR count). The van der Waals surface area contributed by atoms with Crippen molar-refractivity contribution in [3.05, 3.63) is 35.4 Å². The maximum Gasteiger partial charge on any atom is 0.0918 e. The maximum absolute atomic E-state index is 5.61. The SMILES string of the molecule is C#C[C@@H](N)c1ccc(C)cc1. The Morgan fingerprint density at radius 3 is 2.36 bits per heavy atom. The van der Waals surface area contributed by atoms with Gasteiger partial charge in [0.25, 0.3) is 0 Å². The summed E-state index contributed by atoms with van der Waals surface area (Å²) >= 11 is 0. The summed E-state index contributed by atoms with van der Waals surface area (Å²) in [5, 5.41) is 0. The fourth-order valence-electron chi connectivity index (χ4n) is 0.870. The summed E-state index contributed by atoms with van der Waals surface area (Å²) in [6.07, 6.45) is 5.17. The molecule has 0 radical (unpaired) electrons. The van der Waals surface area contributed by atoms with Gasteiger partial charge in [0.05, 0.1) is 6.04 Å².